The lowest BCUT2D eigenvalue weighted by atomic mass is 10.1. The number of aryl methyl sites for hydroxylation is 3. The molecule has 0 atom stereocenters. The number of anilines is 1. The lowest BCUT2D eigenvalue weighted by Crippen LogP contribution is -2.43. The molecular formula is C23H27N3O2S. The summed E-state index contributed by atoms with van der Waals surface area (Å²) in [5.74, 6) is 0.00962. The van der Waals surface area contributed by atoms with Gasteiger partial charge in [-0.2, -0.15) is 0 Å². The fraction of sp³-hybridized carbons (Fsp3) is 0.391. The van der Waals surface area contributed by atoms with Crippen LogP contribution >= 0.6 is 11.3 Å². The topological polar surface area (TPSA) is 45.7 Å². The van der Waals surface area contributed by atoms with E-state index in [0.717, 1.165) is 53.8 Å². The third kappa shape index (κ3) is 4.34. The first-order valence-corrected chi connectivity index (χ1v) is 10.9. The van der Waals surface area contributed by atoms with Crippen molar-refractivity contribution in [2.24, 2.45) is 0 Å². The Morgan fingerprint density at radius 1 is 1.17 bits per heavy atom. The molecule has 5 nitrogen and oxygen atoms in total. The maximum atomic E-state index is 13.4. The van der Waals surface area contributed by atoms with Crippen LogP contribution in [0.4, 0.5) is 5.13 Å². The standard InChI is InChI=1S/C23H27N3O2S/c1-16-5-4-6-19(15-16)22(27)26(10-9-25-11-13-28-14-12-25)23-24-21-18(3)17(2)7-8-20(21)29-23/h4-8,15H,9-14H2,1-3H3. The first-order chi connectivity index (χ1) is 14.0. The minimum atomic E-state index is 0.00962. The van der Waals surface area contributed by atoms with Gasteiger partial charge in [-0.25, -0.2) is 4.98 Å². The summed E-state index contributed by atoms with van der Waals surface area (Å²) in [6.45, 7) is 11.0. The summed E-state index contributed by atoms with van der Waals surface area (Å²) < 4.78 is 6.57. The minimum Gasteiger partial charge on any atom is -0.379 e. The van der Waals surface area contributed by atoms with Gasteiger partial charge in [-0.1, -0.05) is 35.1 Å². The van der Waals surface area contributed by atoms with E-state index in [1.54, 1.807) is 11.3 Å². The zero-order chi connectivity index (χ0) is 20.4. The van der Waals surface area contributed by atoms with E-state index in [0.29, 0.717) is 12.1 Å². The third-order valence-corrected chi connectivity index (χ3v) is 6.60. The Labute approximate surface area is 175 Å². The molecule has 1 fully saturated rings. The van der Waals surface area contributed by atoms with Crippen molar-refractivity contribution in [1.29, 1.82) is 0 Å². The van der Waals surface area contributed by atoms with Crippen molar-refractivity contribution in [1.82, 2.24) is 9.88 Å². The highest BCUT2D eigenvalue weighted by atomic mass is 32.1. The molecule has 1 amide bonds. The first-order valence-electron chi connectivity index (χ1n) is 10.1. The molecule has 0 aliphatic carbocycles. The van der Waals surface area contributed by atoms with Crippen LogP contribution in [0.2, 0.25) is 0 Å². The van der Waals surface area contributed by atoms with Gasteiger partial charge in [0.2, 0.25) is 0 Å². The van der Waals surface area contributed by atoms with E-state index >= 15 is 0 Å². The van der Waals surface area contributed by atoms with Gasteiger partial charge in [0, 0.05) is 31.7 Å². The van der Waals surface area contributed by atoms with Crippen LogP contribution < -0.4 is 4.90 Å². The highest BCUT2D eigenvalue weighted by Gasteiger charge is 2.23. The SMILES string of the molecule is Cc1cccc(C(=O)N(CCN2CCOCC2)c2nc3c(C)c(C)ccc3s2)c1. The Hall–Kier alpha value is -2.28. The molecule has 0 saturated carbocycles. The number of nitrogens with zero attached hydrogens (tertiary/aromatic N) is 3. The van der Waals surface area contributed by atoms with E-state index in [-0.39, 0.29) is 5.91 Å². The summed E-state index contributed by atoms with van der Waals surface area (Å²) in [6, 6.07) is 12.0. The fourth-order valence-electron chi connectivity index (χ4n) is 3.61. The summed E-state index contributed by atoms with van der Waals surface area (Å²) in [6.07, 6.45) is 0. The van der Waals surface area contributed by atoms with Crippen LogP contribution in [0.3, 0.4) is 0 Å². The number of amides is 1. The van der Waals surface area contributed by atoms with E-state index < -0.39 is 0 Å². The van der Waals surface area contributed by atoms with Crippen molar-refractivity contribution in [2.45, 2.75) is 20.8 Å². The number of carbonyl (C=O) groups excluding carboxylic acids is 1. The molecule has 6 heteroatoms. The van der Waals surface area contributed by atoms with Gasteiger partial charge in [0.15, 0.2) is 5.13 Å². The number of ether oxygens (including phenoxy) is 1. The summed E-state index contributed by atoms with van der Waals surface area (Å²) in [4.78, 5) is 22.5. The van der Waals surface area contributed by atoms with Crippen LogP contribution in [0.15, 0.2) is 36.4 Å². The van der Waals surface area contributed by atoms with Crippen LogP contribution in [0, 0.1) is 20.8 Å². The van der Waals surface area contributed by atoms with E-state index in [1.165, 1.54) is 11.1 Å². The van der Waals surface area contributed by atoms with Gasteiger partial charge in [0.25, 0.3) is 5.91 Å². The van der Waals surface area contributed by atoms with Gasteiger partial charge in [-0.3, -0.25) is 14.6 Å². The van der Waals surface area contributed by atoms with Gasteiger partial charge in [0.05, 0.1) is 23.4 Å². The molecule has 1 aliphatic heterocycles. The van der Waals surface area contributed by atoms with Gasteiger partial charge < -0.3 is 4.74 Å². The molecule has 2 aromatic carbocycles. The Kier molecular flexibility index (Phi) is 5.94. The normalized spacial score (nSPS) is 15.0. The van der Waals surface area contributed by atoms with E-state index in [4.69, 9.17) is 9.72 Å². The highest BCUT2D eigenvalue weighted by molar-refractivity contribution is 7.22. The smallest absolute Gasteiger partial charge is 0.260 e. The Morgan fingerprint density at radius 3 is 2.72 bits per heavy atom. The van der Waals surface area contributed by atoms with Crippen molar-refractivity contribution in [3.05, 3.63) is 58.7 Å². The average molecular weight is 410 g/mol. The maximum Gasteiger partial charge on any atom is 0.260 e. The van der Waals surface area contributed by atoms with Gasteiger partial charge in [-0.15, -0.1) is 0 Å². The van der Waals surface area contributed by atoms with Crippen LogP contribution in [0.5, 0.6) is 0 Å². The second kappa shape index (κ2) is 8.61. The first kappa shape index (κ1) is 20.0. The molecule has 1 aromatic heterocycles. The number of thiazole rings is 1. The lowest BCUT2D eigenvalue weighted by Gasteiger charge is -2.29. The van der Waals surface area contributed by atoms with Gasteiger partial charge in [0.1, 0.15) is 0 Å². The van der Waals surface area contributed by atoms with E-state index in [9.17, 15) is 4.79 Å². The Balaban J connectivity index is 1.67. The molecule has 29 heavy (non-hydrogen) atoms. The Bertz CT molecular complexity index is 1020. The molecule has 0 bridgehead atoms. The molecule has 2 heterocycles. The molecule has 152 valence electrons. The van der Waals surface area contributed by atoms with Gasteiger partial charge in [-0.05, 0) is 50.1 Å². The number of rotatable bonds is 5. The second-order valence-corrected chi connectivity index (χ2v) is 8.64. The number of hydrogen-bond donors (Lipinski definition) is 0. The predicted molar refractivity (Wildman–Crippen MR) is 119 cm³/mol. The molecule has 0 N–H and O–H groups in total. The van der Waals surface area contributed by atoms with Crippen molar-refractivity contribution >= 4 is 32.6 Å². The number of fused-ring (bicyclic) bond motifs is 1. The number of benzene rings is 2. The summed E-state index contributed by atoms with van der Waals surface area (Å²) in [5.41, 5.74) is 5.19. The third-order valence-electron chi connectivity index (χ3n) is 5.56. The predicted octanol–water partition coefficient (Wildman–Crippen LogP) is 4.20. The number of carbonyl (C=O) groups is 1. The van der Waals surface area contributed by atoms with Crippen molar-refractivity contribution in [3.8, 4) is 0 Å². The van der Waals surface area contributed by atoms with Crippen LogP contribution in [-0.4, -0.2) is 55.2 Å². The van der Waals surface area contributed by atoms with Crippen LogP contribution in [-0.2, 0) is 4.74 Å². The van der Waals surface area contributed by atoms with Crippen molar-refractivity contribution in [3.63, 3.8) is 0 Å². The summed E-state index contributed by atoms with van der Waals surface area (Å²) in [5, 5.41) is 0.772. The molecule has 0 unspecified atom stereocenters. The second-order valence-electron chi connectivity index (χ2n) is 7.63. The van der Waals surface area contributed by atoms with Gasteiger partial charge >= 0.3 is 0 Å². The van der Waals surface area contributed by atoms with E-state index in [2.05, 4.69) is 30.9 Å². The minimum absolute atomic E-state index is 0.00962. The quantitative estimate of drug-likeness (QED) is 0.634. The van der Waals surface area contributed by atoms with Crippen LogP contribution in [0.25, 0.3) is 10.2 Å². The fourth-order valence-corrected chi connectivity index (χ4v) is 4.66. The Morgan fingerprint density at radius 2 is 1.97 bits per heavy atom. The molecule has 0 radical (unpaired) electrons. The summed E-state index contributed by atoms with van der Waals surface area (Å²) in [7, 11) is 0. The number of morpholine rings is 1. The zero-order valence-electron chi connectivity index (χ0n) is 17.3. The van der Waals surface area contributed by atoms with Crippen molar-refractivity contribution < 1.29 is 9.53 Å². The maximum absolute atomic E-state index is 13.4. The highest BCUT2D eigenvalue weighted by Crippen LogP contribution is 2.32. The average Bonchev–Trinajstić information content (AvgIpc) is 3.16. The molecule has 3 aromatic rings. The molecule has 1 saturated heterocycles. The molecule has 1 aliphatic rings. The number of hydrogen-bond acceptors (Lipinski definition) is 5. The molecule has 0 spiro atoms. The zero-order valence-corrected chi connectivity index (χ0v) is 18.1. The summed E-state index contributed by atoms with van der Waals surface area (Å²) >= 11 is 1.59. The lowest BCUT2D eigenvalue weighted by molar-refractivity contribution is 0.0391. The van der Waals surface area contributed by atoms with Crippen LogP contribution in [0.1, 0.15) is 27.0 Å². The molecule has 4 rings (SSSR count). The largest absolute Gasteiger partial charge is 0.379 e. The van der Waals surface area contributed by atoms with Crippen molar-refractivity contribution in [2.75, 3.05) is 44.3 Å². The molecular weight excluding hydrogens is 382 g/mol. The van der Waals surface area contributed by atoms with E-state index in [1.807, 2.05) is 36.1 Å². The number of aromatic nitrogens is 1. The monoisotopic (exact) mass is 409 g/mol.